The van der Waals surface area contributed by atoms with Crippen LogP contribution >= 0.6 is 0 Å². The number of nitrogens with zero attached hydrogens (tertiary/aromatic N) is 2. The van der Waals surface area contributed by atoms with Crippen molar-refractivity contribution in [1.29, 1.82) is 0 Å². The molecule has 0 bridgehead atoms. The van der Waals surface area contributed by atoms with Crippen molar-refractivity contribution in [3.05, 3.63) is 12.3 Å². The third-order valence-corrected chi connectivity index (χ3v) is 2.31. The quantitative estimate of drug-likeness (QED) is 0.794. The standard InChI is InChI=1S/C12H22N4O/c1-9(2)13-7-5-12(17)14-11-6-8-16(15-11)10(3)4/h6,8-10,13H,5,7H2,1-4H3,(H,14,15,17). The number of carbonyl (C=O) groups is 1. The molecule has 0 aliphatic rings. The van der Waals surface area contributed by atoms with E-state index in [0.717, 1.165) is 0 Å². The van der Waals surface area contributed by atoms with Gasteiger partial charge in [0.05, 0.1) is 0 Å². The summed E-state index contributed by atoms with van der Waals surface area (Å²) >= 11 is 0. The Labute approximate surface area is 103 Å². The topological polar surface area (TPSA) is 59.0 Å². The van der Waals surface area contributed by atoms with Crippen LogP contribution in [0.1, 0.15) is 40.2 Å². The van der Waals surface area contributed by atoms with Crippen molar-refractivity contribution in [1.82, 2.24) is 15.1 Å². The molecule has 0 aliphatic heterocycles. The first kappa shape index (κ1) is 13.7. The number of carbonyl (C=O) groups excluding carboxylic acids is 1. The van der Waals surface area contributed by atoms with Gasteiger partial charge in [-0.1, -0.05) is 13.8 Å². The molecule has 1 aromatic heterocycles. The molecule has 5 heteroatoms. The maximum absolute atomic E-state index is 11.6. The van der Waals surface area contributed by atoms with Crippen LogP contribution in [0.25, 0.3) is 0 Å². The molecule has 1 amide bonds. The zero-order valence-corrected chi connectivity index (χ0v) is 11.0. The second-order valence-electron chi connectivity index (χ2n) is 4.68. The Morgan fingerprint density at radius 3 is 2.65 bits per heavy atom. The average Bonchev–Trinajstić information content (AvgIpc) is 2.65. The third-order valence-electron chi connectivity index (χ3n) is 2.31. The van der Waals surface area contributed by atoms with Gasteiger partial charge in [-0.25, -0.2) is 0 Å². The molecule has 96 valence electrons. The Kier molecular flexibility index (Phi) is 5.15. The van der Waals surface area contributed by atoms with Crippen molar-refractivity contribution < 1.29 is 4.79 Å². The van der Waals surface area contributed by atoms with Crippen LogP contribution in [-0.4, -0.2) is 28.3 Å². The number of amides is 1. The number of nitrogens with one attached hydrogen (secondary N) is 2. The highest BCUT2D eigenvalue weighted by Gasteiger charge is 2.06. The first-order valence-corrected chi connectivity index (χ1v) is 6.07. The van der Waals surface area contributed by atoms with Crippen LogP contribution in [0.3, 0.4) is 0 Å². The van der Waals surface area contributed by atoms with E-state index in [1.54, 1.807) is 0 Å². The monoisotopic (exact) mass is 238 g/mol. The molecule has 0 saturated heterocycles. The molecule has 0 aromatic carbocycles. The van der Waals surface area contributed by atoms with Gasteiger partial charge in [-0.05, 0) is 13.8 Å². The first-order chi connectivity index (χ1) is 7.99. The number of anilines is 1. The SMILES string of the molecule is CC(C)NCCC(=O)Nc1ccn(C(C)C)n1. The van der Waals surface area contributed by atoms with Gasteiger partial charge in [0.15, 0.2) is 5.82 Å². The number of rotatable bonds is 6. The van der Waals surface area contributed by atoms with Gasteiger partial charge in [-0.2, -0.15) is 5.10 Å². The molecule has 0 atom stereocenters. The van der Waals surface area contributed by atoms with E-state index in [1.165, 1.54) is 0 Å². The van der Waals surface area contributed by atoms with E-state index in [2.05, 4.69) is 29.6 Å². The molecular weight excluding hydrogens is 216 g/mol. The predicted octanol–water partition coefficient (Wildman–Crippen LogP) is 1.79. The van der Waals surface area contributed by atoms with E-state index in [0.29, 0.717) is 30.9 Å². The van der Waals surface area contributed by atoms with E-state index in [-0.39, 0.29) is 5.91 Å². The number of hydrogen-bond acceptors (Lipinski definition) is 3. The summed E-state index contributed by atoms with van der Waals surface area (Å²) in [6.07, 6.45) is 2.33. The lowest BCUT2D eigenvalue weighted by molar-refractivity contribution is -0.116. The molecule has 0 aliphatic carbocycles. The number of hydrogen-bond donors (Lipinski definition) is 2. The molecule has 1 heterocycles. The minimum atomic E-state index is -0.00726. The van der Waals surface area contributed by atoms with Crippen molar-refractivity contribution in [2.24, 2.45) is 0 Å². The lowest BCUT2D eigenvalue weighted by Crippen LogP contribution is -2.27. The Hall–Kier alpha value is -1.36. The van der Waals surface area contributed by atoms with Crippen LogP contribution < -0.4 is 10.6 Å². The molecular formula is C12H22N4O. The molecule has 1 aromatic rings. The second kappa shape index (κ2) is 6.39. The molecule has 17 heavy (non-hydrogen) atoms. The van der Waals surface area contributed by atoms with Crippen molar-refractivity contribution in [3.8, 4) is 0 Å². The Morgan fingerprint density at radius 1 is 1.41 bits per heavy atom. The normalized spacial score (nSPS) is 11.2. The highest BCUT2D eigenvalue weighted by atomic mass is 16.1. The van der Waals surface area contributed by atoms with Crippen molar-refractivity contribution in [3.63, 3.8) is 0 Å². The number of aromatic nitrogens is 2. The summed E-state index contributed by atoms with van der Waals surface area (Å²) in [6, 6.07) is 2.53. The van der Waals surface area contributed by atoms with Crippen molar-refractivity contribution in [2.45, 2.75) is 46.2 Å². The summed E-state index contributed by atoms with van der Waals surface area (Å²) in [5, 5.41) is 10.2. The molecule has 0 saturated carbocycles. The maximum atomic E-state index is 11.6. The van der Waals surface area contributed by atoms with Gasteiger partial charge < -0.3 is 10.6 Å². The molecule has 1 rings (SSSR count). The van der Waals surface area contributed by atoms with Gasteiger partial charge in [-0.15, -0.1) is 0 Å². The smallest absolute Gasteiger partial charge is 0.226 e. The highest BCUT2D eigenvalue weighted by molar-refractivity contribution is 5.89. The minimum Gasteiger partial charge on any atom is -0.314 e. The summed E-state index contributed by atoms with van der Waals surface area (Å²) in [5.41, 5.74) is 0. The van der Waals surface area contributed by atoms with E-state index in [4.69, 9.17) is 0 Å². The third kappa shape index (κ3) is 4.99. The lowest BCUT2D eigenvalue weighted by atomic mass is 10.3. The summed E-state index contributed by atoms with van der Waals surface area (Å²) < 4.78 is 1.82. The molecule has 0 radical (unpaired) electrons. The van der Waals surface area contributed by atoms with Gasteiger partial charge in [0, 0.05) is 37.3 Å². The molecule has 5 nitrogen and oxygen atoms in total. The summed E-state index contributed by atoms with van der Waals surface area (Å²) in [4.78, 5) is 11.6. The molecule has 0 unspecified atom stereocenters. The molecule has 2 N–H and O–H groups in total. The van der Waals surface area contributed by atoms with Crippen LogP contribution in [0, 0.1) is 0 Å². The fourth-order valence-corrected chi connectivity index (χ4v) is 1.37. The zero-order chi connectivity index (χ0) is 12.8. The van der Waals surface area contributed by atoms with E-state index < -0.39 is 0 Å². The van der Waals surface area contributed by atoms with Crippen molar-refractivity contribution in [2.75, 3.05) is 11.9 Å². The summed E-state index contributed by atoms with van der Waals surface area (Å²) in [5.74, 6) is 0.611. The largest absolute Gasteiger partial charge is 0.314 e. The van der Waals surface area contributed by atoms with Gasteiger partial charge in [0.1, 0.15) is 0 Å². The first-order valence-electron chi connectivity index (χ1n) is 6.07. The lowest BCUT2D eigenvalue weighted by Gasteiger charge is -2.07. The minimum absolute atomic E-state index is 0.00726. The molecule has 0 fully saturated rings. The summed E-state index contributed by atoms with van der Waals surface area (Å²) in [6.45, 7) is 8.90. The fourth-order valence-electron chi connectivity index (χ4n) is 1.37. The second-order valence-corrected chi connectivity index (χ2v) is 4.68. The average molecular weight is 238 g/mol. The van der Waals surface area contributed by atoms with Crippen LogP contribution in [0.4, 0.5) is 5.82 Å². The molecule has 0 spiro atoms. The fraction of sp³-hybridized carbons (Fsp3) is 0.667. The van der Waals surface area contributed by atoms with Crippen molar-refractivity contribution >= 4 is 11.7 Å². The predicted molar refractivity (Wildman–Crippen MR) is 69.0 cm³/mol. The Balaban J connectivity index is 2.34. The van der Waals surface area contributed by atoms with E-state index in [9.17, 15) is 4.79 Å². The van der Waals surface area contributed by atoms with Gasteiger partial charge >= 0.3 is 0 Å². The van der Waals surface area contributed by atoms with Crippen LogP contribution in [0.2, 0.25) is 0 Å². The zero-order valence-electron chi connectivity index (χ0n) is 11.0. The van der Waals surface area contributed by atoms with Gasteiger partial charge in [0.25, 0.3) is 0 Å². The van der Waals surface area contributed by atoms with Crippen LogP contribution in [0.15, 0.2) is 12.3 Å². The van der Waals surface area contributed by atoms with Gasteiger partial charge in [-0.3, -0.25) is 9.48 Å². The maximum Gasteiger partial charge on any atom is 0.226 e. The van der Waals surface area contributed by atoms with Gasteiger partial charge in [0.2, 0.25) is 5.91 Å². The van der Waals surface area contributed by atoms with E-state index in [1.807, 2.05) is 30.8 Å². The van der Waals surface area contributed by atoms with Crippen LogP contribution in [-0.2, 0) is 4.79 Å². The Morgan fingerprint density at radius 2 is 2.12 bits per heavy atom. The summed E-state index contributed by atoms with van der Waals surface area (Å²) in [7, 11) is 0. The van der Waals surface area contributed by atoms with E-state index >= 15 is 0 Å². The van der Waals surface area contributed by atoms with Crippen LogP contribution in [0.5, 0.6) is 0 Å². The Bertz CT molecular complexity index is 357. The highest BCUT2D eigenvalue weighted by Crippen LogP contribution is 2.08.